The van der Waals surface area contributed by atoms with Gasteiger partial charge in [0.2, 0.25) is 0 Å². The molecule has 0 aromatic heterocycles. The molecule has 3 aromatic carbocycles. The highest BCUT2D eigenvalue weighted by Crippen LogP contribution is 2.32. The quantitative estimate of drug-likeness (QED) is 0.658. The summed E-state index contributed by atoms with van der Waals surface area (Å²) in [6, 6.07) is 17.0. The third kappa shape index (κ3) is 1.57. The van der Waals surface area contributed by atoms with Crippen LogP contribution in [0.3, 0.4) is 0 Å². The molecule has 0 saturated heterocycles. The molecule has 0 radical (unpaired) electrons. The number of nitriles is 2. The number of anilines is 1. The van der Waals surface area contributed by atoms with Crippen molar-refractivity contribution in [3.63, 3.8) is 0 Å². The molecule has 0 aliphatic heterocycles. The molecule has 0 aliphatic carbocycles. The van der Waals surface area contributed by atoms with Gasteiger partial charge in [-0.15, -0.1) is 0 Å². The van der Waals surface area contributed by atoms with Gasteiger partial charge in [0.25, 0.3) is 0 Å². The second-order valence-electron chi connectivity index (χ2n) is 4.35. The predicted octanol–water partition coefficient (Wildman–Crippen LogP) is 3.32. The standard InChI is InChI=1S/C16H9N3/c17-8-10-4-5-15(19)16-11(6-10)7-12(9-18)13-2-1-3-14(13)16/h1-7H,19H2. The van der Waals surface area contributed by atoms with Crippen molar-refractivity contribution >= 4 is 27.2 Å². The van der Waals surface area contributed by atoms with Gasteiger partial charge in [-0.2, -0.15) is 10.5 Å². The molecule has 0 amide bonds. The van der Waals surface area contributed by atoms with Crippen LogP contribution in [-0.4, -0.2) is 0 Å². The van der Waals surface area contributed by atoms with Gasteiger partial charge in [0.1, 0.15) is 0 Å². The molecule has 3 rings (SSSR count). The molecular formula is C16H9N3. The minimum absolute atomic E-state index is 0.525. The number of nitrogens with two attached hydrogens (primary N) is 1. The van der Waals surface area contributed by atoms with Crippen molar-refractivity contribution in [2.45, 2.75) is 0 Å². The van der Waals surface area contributed by atoms with E-state index in [1.165, 1.54) is 0 Å². The number of nitrogens with zero attached hydrogens (tertiary/aromatic N) is 2. The fraction of sp³-hybridized carbons (Fsp3) is 0. The largest absolute Gasteiger partial charge is 0.398 e. The van der Waals surface area contributed by atoms with Crippen LogP contribution in [0.4, 0.5) is 5.69 Å². The highest BCUT2D eigenvalue weighted by molar-refractivity contribution is 6.15. The van der Waals surface area contributed by atoms with E-state index in [1.54, 1.807) is 24.3 Å². The molecule has 3 nitrogen and oxygen atoms in total. The van der Waals surface area contributed by atoms with Crippen LogP contribution >= 0.6 is 0 Å². The number of hydrogen-bond acceptors (Lipinski definition) is 3. The Labute approximate surface area is 110 Å². The summed E-state index contributed by atoms with van der Waals surface area (Å²) in [5, 5.41) is 21.8. The van der Waals surface area contributed by atoms with Crippen molar-refractivity contribution in [3.8, 4) is 12.1 Å². The van der Waals surface area contributed by atoms with E-state index in [0.29, 0.717) is 16.8 Å². The third-order valence-electron chi connectivity index (χ3n) is 3.26. The maximum atomic E-state index is 9.23. The Balaban J connectivity index is 2.65. The Hall–Kier alpha value is -3.04. The molecule has 0 heterocycles. The fourth-order valence-electron chi connectivity index (χ4n) is 2.41. The van der Waals surface area contributed by atoms with Gasteiger partial charge in [-0.25, -0.2) is 0 Å². The van der Waals surface area contributed by atoms with Crippen LogP contribution in [0.25, 0.3) is 21.5 Å². The van der Waals surface area contributed by atoms with E-state index in [0.717, 1.165) is 21.5 Å². The van der Waals surface area contributed by atoms with Gasteiger partial charge < -0.3 is 5.73 Å². The maximum Gasteiger partial charge on any atom is 0.0998 e. The van der Waals surface area contributed by atoms with Gasteiger partial charge in [0.05, 0.1) is 23.3 Å². The Bertz CT molecular complexity index is 896. The van der Waals surface area contributed by atoms with Gasteiger partial charge in [-0.1, -0.05) is 18.2 Å². The molecule has 3 aromatic rings. The summed E-state index contributed by atoms with van der Waals surface area (Å²) >= 11 is 0. The van der Waals surface area contributed by atoms with Crippen molar-refractivity contribution in [3.05, 3.63) is 53.6 Å². The zero-order valence-corrected chi connectivity index (χ0v) is 10.0. The molecule has 0 unspecified atom stereocenters. The molecule has 0 fully saturated rings. The molecule has 0 aliphatic rings. The van der Waals surface area contributed by atoms with Crippen molar-refractivity contribution in [2.24, 2.45) is 0 Å². The summed E-state index contributed by atoms with van der Waals surface area (Å²) in [5.41, 5.74) is 7.82. The molecule has 88 valence electrons. The minimum atomic E-state index is 0.525. The highest BCUT2D eigenvalue weighted by atomic mass is 14.5. The van der Waals surface area contributed by atoms with E-state index in [9.17, 15) is 5.26 Å². The summed E-state index contributed by atoms with van der Waals surface area (Å²) in [6.45, 7) is 0. The Morgan fingerprint density at radius 3 is 2.42 bits per heavy atom. The van der Waals surface area contributed by atoms with Gasteiger partial charge in [0, 0.05) is 16.5 Å². The van der Waals surface area contributed by atoms with Crippen molar-refractivity contribution in [1.29, 1.82) is 10.5 Å². The van der Waals surface area contributed by atoms with Gasteiger partial charge in [-0.3, -0.25) is 0 Å². The number of rotatable bonds is 0. The summed E-state index contributed by atoms with van der Waals surface area (Å²) in [6.07, 6.45) is 0. The smallest absolute Gasteiger partial charge is 0.0998 e. The van der Waals surface area contributed by atoms with E-state index in [2.05, 4.69) is 12.1 Å². The second-order valence-corrected chi connectivity index (χ2v) is 4.35. The molecule has 2 N–H and O–H groups in total. The topological polar surface area (TPSA) is 73.6 Å². The van der Waals surface area contributed by atoms with E-state index in [4.69, 9.17) is 11.0 Å². The zero-order chi connectivity index (χ0) is 13.4. The van der Waals surface area contributed by atoms with E-state index in [-0.39, 0.29) is 0 Å². The predicted molar refractivity (Wildman–Crippen MR) is 75.3 cm³/mol. The zero-order valence-electron chi connectivity index (χ0n) is 10.0. The normalized spacial score (nSPS) is 10.2. The van der Waals surface area contributed by atoms with Crippen molar-refractivity contribution < 1.29 is 0 Å². The molecular weight excluding hydrogens is 234 g/mol. The maximum absolute atomic E-state index is 9.23. The molecule has 0 bridgehead atoms. The second kappa shape index (κ2) is 4.01. The Morgan fingerprint density at radius 1 is 0.895 bits per heavy atom. The SMILES string of the molecule is N#Cc1ccc(N)c2c(c1)cc(C#N)c1cccc12. The lowest BCUT2D eigenvalue weighted by molar-refractivity contribution is 1.50. The average molecular weight is 243 g/mol. The molecule has 19 heavy (non-hydrogen) atoms. The lowest BCUT2D eigenvalue weighted by Gasteiger charge is -2.02. The lowest BCUT2D eigenvalue weighted by atomic mass is 10.0. The van der Waals surface area contributed by atoms with Crippen LogP contribution in [0.1, 0.15) is 11.1 Å². The van der Waals surface area contributed by atoms with Crippen LogP contribution in [0, 0.1) is 22.7 Å². The Morgan fingerprint density at radius 2 is 1.68 bits per heavy atom. The van der Waals surface area contributed by atoms with E-state index < -0.39 is 0 Å². The summed E-state index contributed by atoms with van der Waals surface area (Å²) < 4.78 is 0. The molecule has 0 atom stereocenters. The summed E-state index contributed by atoms with van der Waals surface area (Å²) in [7, 11) is 0. The highest BCUT2D eigenvalue weighted by Gasteiger charge is 2.09. The van der Waals surface area contributed by atoms with Crippen LogP contribution in [0.15, 0.2) is 42.5 Å². The first-order valence-electron chi connectivity index (χ1n) is 5.80. The van der Waals surface area contributed by atoms with Crippen LogP contribution in [0.5, 0.6) is 0 Å². The first kappa shape index (κ1) is 11.1. The van der Waals surface area contributed by atoms with E-state index in [1.807, 2.05) is 18.2 Å². The number of benzene rings is 1. The monoisotopic (exact) mass is 243 g/mol. The molecule has 3 heteroatoms. The fourth-order valence-corrected chi connectivity index (χ4v) is 2.41. The first-order valence-corrected chi connectivity index (χ1v) is 5.80. The van der Waals surface area contributed by atoms with Crippen molar-refractivity contribution in [1.82, 2.24) is 0 Å². The van der Waals surface area contributed by atoms with Crippen LogP contribution < -0.4 is 5.73 Å². The summed E-state index contributed by atoms with van der Waals surface area (Å²) in [5.74, 6) is 0. The van der Waals surface area contributed by atoms with Gasteiger partial charge in [0.15, 0.2) is 0 Å². The van der Waals surface area contributed by atoms with Crippen molar-refractivity contribution in [2.75, 3.05) is 5.73 Å². The minimum Gasteiger partial charge on any atom is -0.398 e. The van der Waals surface area contributed by atoms with E-state index >= 15 is 0 Å². The van der Waals surface area contributed by atoms with Crippen LogP contribution in [-0.2, 0) is 0 Å². The Kier molecular flexibility index (Phi) is 2.34. The third-order valence-corrected chi connectivity index (χ3v) is 3.26. The first-order chi connectivity index (χ1) is 9.24. The number of nitrogen functional groups attached to an aromatic ring is 1. The van der Waals surface area contributed by atoms with Crippen LogP contribution in [0.2, 0.25) is 0 Å². The van der Waals surface area contributed by atoms with Gasteiger partial charge >= 0.3 is 0 Å². The van der Waals surface area contributed by atoms with Gasteiger partial charge in [-0.05, 0) is 35.0 Å². The number of hydrogen-bond donors (Lipinski definition) is 1. The lowest BCUT2D eigenvalue weighted by Crippen LogP contribution is -1.85. The summed E-state index contributed by atoms with van der Waals surface area (Å²) in [4.78, 5) is 0. The molecule has 0 spiro atoms. The molecule has 0 saturated carbocycles. The number of fused-ring (bicyclic) bond motifs is 3. The average Bonchev–Trinajstić information content (AvgIpc) is 2.84.